The summed E-state index contributed by atoms with van der Waals surface area (Å²) in [7, 11) is 0. The summed E-state index contributed by atoms with van der Waals surface area (Å²) in [5.41, 5.74) is 1.22. The van der Waals surface area contributed by atoms with Gasteiger partial charge in [0.2, 0.25) is 0 Å². The maximum atomic E-state index is 6.10. The molecule has 1 fully saturated rings. The first-order chi connectivity index (χ1) is 9.79. The lowest BCUT2D eigenvalue weighted by molar-refractivity contribution is 0.0374. The van der Waals surface area contributed by atoms with Crippen molar-refractivity contribution in [3.63, 3.8) is 0 Å². The van der Waals surface area contributed by atoms with Gasteiger partial charge in [0.1, 0.15) is 5.75 Å². The van der Waals surface area contributed by atoms with E-state index in [1.165, 1.54) is 5.56 Å². The highest BCUT2D eigenvalue weighted by atomic mass is 35.5. The minimum absolute atomic E-state index is 0.762. The summed E-state index contributed by atoms with van der Waals surface area (Å²) in [5.74, 6) is 0.984. The molecule has 2 rings (SSSR count). The maximum Gasteiger partial charge on any atom is 0.122 e. The lowest BCUT2D eigenvalue weighted by atomic mass is 10.1. The Morgan fingerprint density at radius 1 is 1.30 bits per heavy atom. The fraction of sp³-hybridized carbons (Fsp3) is 0.625. The van der Waals surface area contributed by atoms with Gasteiger partial charge in [-0.25, -0.2) is 0 Å². The van der Waals surface area contributed by atoms with Crippen molar-refractivity contribution in [3.05, 3.63) is 28.8 Å². The van der Waals surface area contributed by atoms with E-state index in [0.717, 1.165) is 69.5 Å². The molecule has 1 aromatic rings. The summed E-state index contributed by atoms with van der Waals surface area (Å²) in [6.45, 7) is 7.82. The lowest BCUT2D eigenvalue weighted by Crippen LogP contribution is -2.36. The van der Waals surface area contributed by atoms with Gasteiger partial charge in [-0.3, -0.25) is 4.90 Å². The molecule has 0 N–H and O–H groups in total. The molecule has 0 aliphatic carbocycles. The number of hydrogen-bond donors (Lipinski definition) is 0. The molecule has 0 atom stereocenters. The molecule has 0 radical (unpaired) electrons. The predicted molar refractivity (Wildman–Crippen MR) is 82.8 cm³/mol. The topological polar surface area (TPSA) is 21.7 Å². The number of hydrogen-bond acceptors (Lipinski definition) is 3. The third-order valence-corrected chi connectivity index (χ3v) is 3.74. The second kappa shape index (κ2) is 8.50. The standard InChI is InChI=1S/C16H24ClNO2/c1-2-10-20-16-6-5-15(17)13-14(16)4-3-7-18-8-11-19-12-9-18/h5-6,13H,2-4,7-12H2,1H3. The fourth-order valence-corrected chi connectivity index (χ4v) is 2.61. The number of ether oxygens (including phenoxy) is 2. The second-order valence-electron chi connectivity index (χ2n) is 5.16. The first-order valence-corrected chi connectivity index (χ1v) is 7.88. The van der Waals surface area contributed by atoms with Crippen molar-refractivity contribution < 1.29 is 9.47 Å². The largest absolute Gasteiger partial charge is 0.493 e. The molecule has 0 spiro atoms. The van der Waals surface area contributed by atoms with Crippen molar-refractivity contribution in [3.8, 4) is 5.75 Å². The van der Waals surface area contributed by atoms with Gasteiger partial charge in [0.25, 0.3) is 0 Å². The number of aryl methyl sites for hydroxylation is 1. The molecule has 1 aliphatic heterocycles. The molecule has 0 amide bonds. The summed E-state index contributed by atoms with van der Waals surface area (Å²) in [6.07, 6.45) is 3.16. The molecular weight excluding hydrogens is 274 g/mol. The van der Waals surface area contributed by atoms with Crippen LogP contribution >= 0.6 is 11.6 Å². The van der Waals surface area contributed by atoms with Crippen LogP contribution in [-0.2, 0) is 11.2 Å². The summed E-state index contributed by atoms with van der Waals surface area (Å²) >= 11 is 6.10. The molecule has 1 saturated heterocycles. The third kappa shape index (κ3) is 4.97. The Labute approximate surface area is 126 Å². The molecule has 4 heteroatoms. The van der Waals surface area contributed by atoms with Gasteiger partial charge in [0.15, 0.2) is 0 Å². The molecule has 0 bridgehead atoms. The van der Waals surface area contributed by atoms with Crippen LogP contribution < -0.4 is 4.74 Å². The molecule has 1 aliphatic rings. The van der Waals surface area contributed by atoms with Gasteiger partial charge in [0, 0.05) is 18.1 Å². The van der Waals surface area contributed by atoms with Gasteiger partial charge >= 0.3 is 0 Å². The van der Waals surface area contributed by atoms with Crippen LogP contribution in [0.1, 0.15) is 25.3 Å². The van der Waals surface area contributed by atoms with Crippen molar-refractivity contribution in [2.75, 3.05) is 39.5 Å². The number of benzene rings is 1. The molecular formula is C16H24ClNO2. The van der Waals surface area contributed by atoms with E-state index in [-0.39, 0.29) is 0 Å². The number of morpholine rings is 1. The monoisotopic (exact) mass is 297 g/mol. The minimum Gasteiger partial charge on any atom is -0.493 e. The van der Waals surface area contributed by atoms with Crippen LogP contribution in [0.4, 0.5) is 0 Å². The maximum absolute atomic E-state index is 6.10. The Kier molecular flexibility index (Phi) is 6.64. The molecule has 1 heterocycles. The first kappa shape index (κ1) is 15.6. The van der Waals surface area contributed by atoms with Crippen molar-refractivity contribution in [2.24, 2.45) is 0 Å². The van der Waals surface area contributed by atoms with E-state index >= 15 is 0 Å². The SMILES string of the molecule is CCCOc1ccc(Cl)cc1CCCN1CCOCC1. The van der Waals surface area contributed by atoms with E-state index in [1.54, 1.807) is 0 Å². The summed E-state index contributed by atoms with van der Waals surface area (Å²) in [5, 5.41) is 0.787. The zero-order valence-corrected chi connectivity index (χ0v) is 13.0. The Morgan fingerprint density at radius 3 is 2.85 bits per heavy atom. The van der Waals surface area contributed by atoms with E-state index in [4.69, 9.17) is 21.1 Å². The molecule has 0 aromatic heterocycles. The third-order valence-electron chi connectivity index (χ3n) is 3.51. The smallest absolute Gasteiger partial charge is 0.122 e. The van der Waals surface area contributed by atoms with Crippen LogP contribution in [0.15, 0.2) is 18.2 Å². The van der Waals surface area contributed by atoms with E-state index in [0.29, 0.717) is 0 Å². The summed E-state index contributed by atoms with van der Waals surface area (Å²) < 4.78 is 11.2. The average Bonchev–Trinajstić information content (AvgIpc) is 2.47. The van der Waals surface area contributed by atoms with Crippen molar-refractivity contribution in [1.29, 1.82) is 0 Å². The van der Waals surface area contributed by atoms with Crippen LogP contribution in [0.2, 0.25) is 5.02 Å². The Balaban J connectivity index is 1.85. The molecule has 112 valence electrons. The quantitative estimate of drug-likeness (QED) is 0.770. The van der Waals surface area contributed by atoms with Gasteiger partial charge in [-0.05, 0) is 49.6 Å². The van der Waals surface area contributed by atoms with E-state index in [2.05, 4.69) is 11.8 Å². The molecule has 0 unspecified atom stereocenters. The van der Waals surface area contributed by atoms with Crippen molar-refractivity contribution in [1.82, 2.24) is 4.90 Å². The van der Waals surface area contributed by atoms with Gasteiger partial charge < -0.3 is 9.47 Å². The summed E-state index contributed by atoms with van der Waals surface area (Å²) in [4.78, 5) is 2.46. The predicted octanol–water partition coefficient (Wildman–Crippen LogP) is 3.39. The molecule has 1 aromatic carbocycles. The van der Waals surface area contributed by atoms with Crippen LogP contribution in [0.3, 0.4) is 0 Å². The summed E-state index contributed by atoms with van der Waals surface area (Å²) in [6, 6.07) is 5.92. The van der Waals surface area contributed by atoms with Crippen LogP contribution in [0, 0.1) is 0 Å². The number of rotatable bonds is 7. The van der Waals surface area contributed by atoms with Crippen molar-refractivity contribution >= 4 is 11.6 Å². The van der Waals surface area contributed by atoms with Gasteiger partial charge in [0.05, 0.1) is 19.8 Å². The van der Waals surface area contributed by atoms with Crippen LogP contribution in [-0.4, -0.2) is 44.4 Å². The lowest BCUT2D eigenvalue weighted by Gasteiger charge is -2.26. The van der Waals surface area contributed by atoms with Crippen LogP contribution in [0.25, 0.3) is 0 Å². The van der Waals surface area contributed by atoms with E-state index < -0.39 is 0 Å². The number of halogens is 1. The Hall–Kier alpha value is -0.770. The Morgan fingerprint density at radius 2 is 2.10 bits per heavy atom. The van der Waals surface area contributed by atoms with Gasteiger partial charge in [-0.1, -0.05) is 18.5 Å². The molecule has 0 saturated carbocycles. The zero-order valence-electron chi connectivity index (χ0n) is 12.2. The highest BCUT2D eigenvalue weighted by molar-refractivity contribution is 6.30. The number of nitrogens with zero attached hydrogens (tertiary/aromatic N) is 1. The average molecular weight is 298 g/mol. The van der Waals surface area contributed by atoms with Crippen LogP contribution in [0.5, 0.6) is 5.75 Å². The highest BCUT2D eigenvalue weighted by Crippen LogP contribution is 2.24. The molecule has 3 nitrogen and oxygen atoms in total. The van der Waals surface area contributed by atoms with Gasteiger partial charge in [-0.2, -0.15) is 0 Å². The van der Waals surface area contributed by atoms with Gasteiger partial charge in [-0.15, -0.1) is 0 Å². The van der Waals surface area contributed by atoms with E-state index in [9.17, 15) is 0 Å². The highest BCUT2D eigenvalue weighted by Gasteiger charge is 2.10. The first-order valence-electron chi connectivity index (χ1n) is 7.51. The molecule has 20 heavy (non-hydrogen) atoms. The van der Waals surface area contributed by atoms with E-state index in [1.807, 2.05) is 18.2 Å². The zero-order chi connectivity index (χ0) is 14.2. The fourth-order valence-electron chi connectivity index (χ4n) is 2.41. The second-order valence-corrected chi connectivity index (χ2v) is 5.59. The Bertz CT molecular complexity index is 405. The normalized spacial score (nSPS) is 16.3. The minimum atomic E-state index is 0.762. The van der Waals surface area contributed by atoms with Crippen molar-refractivity contribution in [2.45, 2.75) is 26.2 Å².